The second-order valence-electron chi connectivity index (χ2n) is 4.44. The maximum absolute atomic E-state index is 12.0. The van der Waals surface area contributed by atoms with Gasteiger partial charge in [-0.3, -0.25) is 14.5 Å². The fraction of sp³-hybridized carbons (Fsp3) is 0.333. The molecule has 0 saturated carbocycles. The van der Waals surface area contributed by atoms with Crippen LogP contribution < -0.4 is 0 Å². The van der Waals surface area contributed by atoms with Gasteiger partial charge in [0, 0.05) is 37.9 Å². The molecule has 18 heavy (non-hydrogen) atoms. The van der Waals surface area contributed by atoms with Crippen molar-refractivity contribution in [2.45, 2.75) is 6.54 Å². The third-order valence-corrected chi connectivity index (χ3v) is 3.06. The molecule has 1 saturated heterocycles. The van der Waals surface area contributed by atoms with Crippen LogP contribution in [0.1, 0.15) is 10.4 Å². The van der Waals surface area contributed by atoms with E-state index < -0.39 is 0 Å². The molecule has 3 heterocycles. The lowest BCUT2D eigenvalue weighted by Crippen LogP contribution is -2.51. The van der Waals surface area contributed by atoms with Crippen molar-refractivity contribution in [3.63, 3.8) is 0 Å². The van der Waals surface area contributed by atoms with Crippen molar-refractivity contribution >= 4 is 5.91 Å². The highest BCUT2D eigenvalue weighted by Gasteiger charge is 2.31. The van der Waals surface area contributed by atoms with Gasteiger partial charge < -0.3 is 4.90 Å². The van der Waals surface area contributed by atoms with Crippen LogP contribution in [0.25, 0.3) is 0 Å². The van der Waals surface area contributed by atoms with Gasteiger partial charge in [0.25, 0.3) is 5.91 Å². The fourth-order valence-corrected chi connectivity index (χ4v) is 2.11. The molecule has 0 aromatic carbocycles. The molecule has 0 aliphatic carbocycles. The molecule has 2 aromatic rings. The van der Waals surface area contributed by atoms with Crippen LogP contribution >= 0.6 is 0 Å². The molecule has 0 bridgehead atoms. The highest BCUT2D eigenvalue weighted by Crippen LogP contribution is 2.19. The molecule has 0 atom stereocenters. The van der Waals surface area contributed by atoms with E-state index in [4.69, 9.17) is 0 Å². The maximum Gasteiger partial charge on any atom is 0.255 e. The van der Waals surface area contributed by atoms with Crippen molar-refractivity contribution in [2.24, 2.45) is 5.92 Å². The average molecular weight is 243 g/mol. The Morgan fingerprint density at radius 3 is 2.94 bits per heavy atom. The molecule has 6 heteroatoms. The maximum atomic E-state index is 12.0. The Kier molecular flexibility index (Phi) is 2.76. The van der Waals surface area contributed by atoms with Gasteiger partial charge in [-0.2, -0.15) is 5.10 Å². The van der Waals surface area contributed by atoms with Crippen molar-refractivity contribution in [2.75, 3.05) is 13.1 Å². The summed E-state index contributed by atoms with van der Waals surface area (Å²) in [6.45, 7) is 2.36. The molecular weight excluding hydrogens is 230 g/mol. The zero-order valence-corrected chi connectivity index (χ0v) is 9.81. The molecule has 1 fully saturated rings. The molecule has 0 unspecified atom stereocenters. The van der Waals surface area contributed by atoms with Gasteiger partial charge in [-0.25, -0.2) is 4.98 Å². The lowest BCUT2D eigenvalue weighted by Gasteiger charge is -2.39. The van der Waals surface area contributed by atoms with Crippen LogP contribution in [0.5, 0.6) is 0 Å². The lowest BCUT2D eigenvalue weighted by atomic mass is 9.99. The smallest absolute Gasteiger partial charge is 0.255 e. The van der Waals surface area contributed by atoms with Crippen molar-refractivity contribution in [3.8, 4) is 0 Å². The molecule has 6 nitrogen and oxygen atoms in total. The SMILES string of the molecule is O=C(c1cccnc1)N1CC(Cn2cncn2)C1. The standard InChI is InChI=1S/C12H13N5O/c18-12(11-2-1-3-13-4-11)16-5-10(6-16)7-17-9-14-8-15-17/h1-4,8-10H,5-7H2. The number of carbonyl (C=O) groups excluding carboxylic acids is 1. The molecule has 3 rings (SSSR count). The first-order chi connectivity index (χ1) is 8.83. The van der Waals surface area contributed by atoms with E-state index in [0.717, 1.165) is 19.6 Å². The molecule has 1 amide bonds. The van der Waals surface area contributed by atoms with E-state index in [1.807, 2.05) is 4.90 Å². The van der Waals surface area contributed by atoms with Gasteiger partial charge in [0.05, 0.1) is 5.56 Å². The van der Waals surface area contributed by atoms with Gasteiger partial charge in [-0.05, 0) is 12.1 Å². The Labute approximate surface area is 104 Å². The predicted molar refractivity (Wildman–Crippen MR) is 63.7 cm³/mol. The summed E-state index contributed by atoms with van der Waals surface area (Å²) in [7, 11) is 0. The third-order valence-electron chi connectivity index (χ3n) is 3.06. The molecule has 2 aromatic heterocycles. The Balaban J connectivity index is 1.55. The van der Waals surface area contributed by atoms with Gasteiger partial charge in [0.2, 0.25) is 0 Å². The van der Waals surface area contributed by atoms with E-state index in [2.05, 4.69) is 15.1 Å². The summed E-state index contributed by atoms with van der Waals surface area (Å²) in [6.07, 6.45) is 6.50. The minimum Gasteiger partial charge on any atom is -0.338 e. The summed E-state index contributed by atoms with van der Waals surface area (Å²) < 4.78 is 1.80. The first-order valence-electron chi connectivity index (χ1n) is 5.84. The summed E-state index contributed by atoms with van der Waals surface area (Å²) in [5.41, 5.74) is 0.650. The number of amides is 1. The van der Waals surface area contributed by atoms with Gasteiger partial charge >= 0.3 is 0 Å². The van der Waals surface area contributed by atoms with Gasteiger partial charge in [-0.15, -0.1) is 0 Å². The van der Waals surface area contributed by atoms with Crippen molar-refractivity contribution in [3.05, 3.63) is 42.7 Å². The Hall–Kier alpha value is -2.24. The monoisotopic (exact) mass is 243 g/mol. The third kappa shape index (κ3) is 2.09. The van der Waals surface area contributed by atoms with Crippen LogP contribution in [0, 0.1) is 5.92 Å². The number of rotatable bonds is 3. The number of nitrogens with zero attached hydrogens (tertiary/aromatic N) is 5. The van der Waals surface area contributed by atoms with Crippen molar-refractivity contribution in [1.82, 2.24) is 24.6 Å². The van der Waals surface area contributed by atoms with E-state index in [1.165, 1.54) is 6.33 Å². The normalized spacial score (nSPS) is 15.4. The van der Waals surface area contributed by atoms with E-state index in [1.54, 1.807) is 35.5 Å². The van der Waals surface area contributed by atoms with E-state index >= 15 is 0 Å². The predicted octanol–water partition coefficient (Wildman–Crippen LogP) is 0.445. The lowest BCUT2D eigenvalue weighted by molar-refractivity contribution is 0.0461. The van der Waals surface area contributed by atoms with Crippen LogP contribution in [0.4, 0.5) is 0 Å². The average Bonchev–Trinajstić information content (AvgIpc) is 2.86. The van der Waals surface area contributed by atoms with Gasteiger partial charge in [-0.1, -0.05) is 0 Å². The summed E-state index contributed by atoms with van der Waals surface area (Å²) >= 11 is 0. The topological polar surface area (TPSA) is 63.9 Å². The molecule has 1 aliphatic heterocycles. The number of hydrogen-bond donors (Lipinski definition) is 0. The Bertz CT molecular complexity index is 519. The molecule has 0 N–H and O–H groups in total. The first kappa shape index (κ1) is 10.9. The molecule has 1 aliphatic rings. The summed E-state index contributed by atoms with van der Waals surface area (Å²) in [5, 5.41) is 4.06. The van der Waals surface area contributed by atoms with Crippen LogP contribution in [0.2, 0.25) is 0 Å². The highest BCUT2D eigenvalue weighted by molar-refractivity contribution is 5.94. The summed E-state index contributed by atoms with van der Waals surface area (Å²) in [5.74, 6) is 0.519. The second kappa shape index (κ2) is 4.56. The number of hydrogen-bond acceptors (Lipinski definition) is 4. The van der Waals surface area contributed by atoms with Crippen LogP contribution in [0.3, 0.4) is 0 Å². The van der Waals surface area contributed by atoms with E-state index in [-0.39, 0.29) is 5.91 Å². The quantitative estimate of drug-likeness (QED) is 0.785. The van der Waals surface area contributed by atoms with Crippen LogP contribution in [0.15, 0.2) is 37.2 Å². The van der Waals surface area contributed by atoms with E-state index in [9.17, 15) is 4.79 Å². The van der Waals surface area contributed by atoms with Gasteiger partial charge in [0.1, 0.15) is 12.7 Å². The second-order valence-corrected chi connectivity index (χ2v) is 4.44. The van der Waals surface area contributed by atoms with Crippen LogP contribution in [-0.2, 0) is 6.54 Å². The molecule has 0 radical (unpaired) electrons. The zero-order valence-electron chi connectivity index (χ0n) is 9.81. The number of likely N-dealkylation sites (tertiary alicyclic amines) is 1. The Morgan fingerprint density at radius 1 is 1.39 bits per heavy atom. The summed E-state index contributed by atoms with van der Waals surface area (Å²) in [4.78, 5) is 21.7. The van der Waals surface area contributed by atoms with Crippen molar-refractivity contribution < 1.29 is 4.79 Å². The first-order valence-corrected chi connectivity index (χ1v) is 5.84. The molecular formula is C12H13N5O. The highest BCUT2D eigenvalue weighted by atomic mass is 16.2. The van der Waals surface area contributed by atoms with E-state index in [0.29, 0.717) is 11.5 Å². The van der Waals surface area contributed by atoms with Crippen LogP contribution in [-0.4, -0.2) is 43.6 Å². The molecule has 92 valence electrons. The fourth-order valence-electron chi connectivity index (χ4n) is 2.11. The summed E-state index contributed by atoms with van der Waals surface area (Å²) in [6, 6.07) is 3.57. The largest absolute Gasteiger partial charge is 0.338 e. The number of aromatic nitrogens is 4. The Morgan fingerprint density at radius 2 is 2.28 bits per heavy atom. The minimum absolute atomic E-state index is 0.0536. The zero-order chi connectivity index (χ0) is 12.4. The van der Waals surface area contributed by atoms with Crippen molar-refractivity contribution in [1.29, 1.82) is 0 Å². The number of carbonyl (C=O) groups is 1. The molecule has 0 spiro atoms. The number of pyridine rings is 1. The minimum atomic E-state index is 0.0536. The van der Waals surface area contributed by atoms with Gasteiger partial charge in [0.15, 0.2) is 0 Å².